The summed E-state index contributed by atoms with van der Waals surface area (Å²) < 4.78 is 0. The molecule has 2 aromatic rings. The summed E-state index contributed by atoms with van der Waals surface area (Å²) >= 11 is 0. The maximum Gasteiger partial charge on any atom is 0.266 e. The van der Waals surface area contributed by atoms with Gasteiger partial charge in [-0.3, -0.25) is 9.59 Å². The first-order valence-corrected chi connectivity index (χ1v) is 7.68. The predicted octanol–water partition coefficient (Wildman–Crippen LogP) is 3.92. The maximum atomic E-state index is 12.8. The second-order valence-corrected chi connectivity index (χ2v) is 5.63. The van der Waals surface area contributed by atoms with Crippen LogP contribution in [0.5, 0.6) is 0 Å². The van der Waals surface area contributed by atoms with Crippen LogP contribution in [0.3, 0.4) is 0 Å². The van der Waals surface area contributed by atoms with Crippen molar-refractivity contribution in [2.24, 2.45) is 0 Å². The molecule has 3 nitrogen and oxygen atoms in total. The molecule has 0 fully saturated rings. The third-order valence-electron chi connectivity index (χ3n) is 4.23. The van der Waals surface area contributed by atoms with Crippen molar-refractivity contribution < 1.29 is 9.59 Å². The van der Waals surface area contributed by atoms with E-state index >= 15 is 0 Å². The van der Waals surface area contributed by atoms with E-state index in [1.165, 1.54) is 4.90 Å². The Morgan fingerprint density at radius 1 is 0.864 bits per heavy atom. The SMILES string of the molecule is CCc1cccc(CC)c1N1C(=O)c2ccc(C)cc2C1=O. The Kier molecular flexibility index (Phi) is 3.57. The Morgan fingerprint density at radius 2 is 1.45 bits per heavy atom. The number of fused-ring (bicyclic) bond motifs is 1. The molecular formula is C19H19NO2. The van der Waals surface area contributed by atoms with Crippen LogP contribution < -0.4 is 4.90 Å². The number of carbonyl (C=O) groups excluding carboxylic acids is 2. The summed E-state index contributed by atoms with van der Waals surface area (Å²) in [6.45, 7) is 6.01. The summed E-state index contributed by atoms with van der Waals surface area (Å²) in [7, 11) is 0. The van der Waals surface area contributed by atoms with Crippen LogP contribution in [0, 0.1) is 6.92 Å². The second kappa shape index (κ2) is 5.41. The van der Waals surface area contributed by atoms with E-state index in [1.54, 1.807) is 12.1 Å². The number of nitrogens with zero attached hydrogens (tertiary/aromatic N) is 1. The van der Waals surface area contributed by atoms with Crippen molar-refractivity contribution in [2.75, 3.05) is 4.90 Å². The highest BCUT2D eigenvalue weighted by atomic mass is 16.2. The first-order valence-electron chi connectivity index (χ1n) is 7.68. The largest absolute Gasteiger partial charge is 0.268 e. The van der Waals surface area contributed by atoms with Crippen LogP contribution >= 0.6 is 0 Å². The molecule has 0 N–H and O–H groups in total. The van der Waals surface area contributed by atoms with Gasteiger partial charge in [0.2, 0.25) is 0 Å². The number of amides is 2. The summed E-state index contributed by atoms with van der Waals surface area (Å²) in [6.07, 6.45) is 1.57. The molecule has 1 heterocycles. The maximum absolute atomic E-state index is 12.8. The van der Waals surface area contributed by atoms with E-state index in [4.69, 9.17) is 0 Å². The number of hydrogen-bond donors (Lipinski definition) is 0. The average Bonchev–Trinajstić information content (AvgIpc) is 2.77. The monoisotopic (exact) mass is 293 g/mol. The lowest BCUT2D eigenvalue weighted by Gasteiger charge is -2.21. The van der Waals surface area contributed by atoms with E-state index < -0.39 is 0 Å². The van der Waals surface area contributed by atoms with Crippen LogP contribution in [0.25, 0.3) is 0 Å². The highest BCUT2D eigenvalue weighted by molar-refractivity contribution is 6.34. The second-order valence-electron chi connectivity index (χ2n) is 5.63. The third kappa shape index (κ3) is 2.05. The molecule has 3 rings (SSSR count). The first kappa shape index (κ1) is 14.5. The zero-order valence-electron chi connectivity index (χ0n) is 13.1. The number of imide groups is 1. The van der Waals surface area contributed by atoms with Gasteiger partial charge in [0, 0.05) is 0 Å². The lowest BCUT2D eigenvalue weighted by molar-refractivity contribution is 0.0925. The molecule has 0 radical (unpaired) electrons. The molecule has 0 bridgehead atoms. The molecule has 0 aromatic heterocycles. The van der Waals surface area contributed by atoms with Gasteiger partial charge in [-0.15, -0.1) is 0 Å². The minimum Gasteiger partial charge on any atom is -0.268 e. The van der Waals surface area contributed by atoms with E-state index in [0.717, 1.165) is 35.2 Å². The van der Waals surface area contributed by atoms with E-state index in [2.05, 4.69) is 0 Å². The standard InChI is InChI=1S/C19H19NO2/c1-4-13-7-6-8-14(5-2)17(13)20-18(21)15-10-9-12(3)11-16(15)19(20)22/h6-11H,4-5H2,1-3H3. The Bertz CT molecular complexity index is 755. The molecule has 3 heteroatoms. The number of hydrogen-bond acceptors (Lipinski definition) is 2. The molecule has 0 unspecified atom stereocenters. The van der Waals surface area contributed by atoms with Gasteiger partial charge in [-0.2, -0.15) is 0 Å². The Balaban J connectivity index is 2.20. The van der Waals surface area contributed by atoms with E-state index in [9.17, 15) is 9.59 Å². The zero-order chi connectivity index (χ0) is 15.9. The zero-order valence-corrected chi connectivity index (χ0v) is 13.1. The molecule has 22 heavy (non-hydrogen) atoms. The smallest absolute Gasteiger partial charge is 0.266 e. The van der Waals surface area contributed by atoms with Crippen LogP contribution in [-0.4, -0.2) is 11.8 Å². The lowest BCUT2D eigenvalue weighted by Crippen LogP contribution is -2.31. The summed E-state index contributed by atoms with van der Waals surface area (Å²) in [4.78, 5) is 26.9. The van der Waals surface area contributed by atoms with Gasteiger partial charge < -0.3 is 0 Å². The van der Waals surface area contributed by atoms with Crippen molar-refractivity contribution in [1.82, 2.24) is 0 Å². The number of anilines is 1. The number of carbonyl (C=O) groups is 2. The minimum atomic E-state index is -0.212. The van der Waals surface area contributed by atoms with Gasteiger partial charge in [-0.1, -0.05) is 43.7 Å². The molecule has 1 aliphatic heterocycles. The topological polar surface area (TPSA) is 37.4 Å². The predicted molar refractivity (Wildman–Crippen MR) is 87.5 cm³/mol. The molecule has 1 aliphatic rings. The van der Waals surface area contributed by atoms with Gasteiger partial charge in [0.05, 0.1) is 16.8 Å². The van der Waals surface area contributed by atoms with Crippen LogP contribution in [-0.2, 0) is 12.8 Å². The highest BCUT2D eigenvalue weighted by Crippen LogP contribution is 2.34. The van der Waals surface area contributed by atoms with Gasteiger partial charge in [0.15, 0.2) is 0 Å². The number of benzene rings is 2. The minimum absolute atomic E-state index is 0.209. The first-order chi connectivity index (χ1) is 10.6. The molecule has 0 saturated carbocycles. The van der Waals surface area contributed by atoms with Crippen LogP contribution in [0.15, 0.2) is 36.4 Å². The summed E-state index contributed by atoms with van der Waals surface area (Å²) in [6, 6.07) is 11.4. The fourth-order valence-corrected chi connectivity index (χ4v) is 3.06. The summed E-state index contributed by atoms with van der Waals surface area (Å²) in [5, 5.41) is 0. The van der Waals surface area contributed by atoms with Crippen molar-refractivity contribution in [3.8, 4) is 0 Å². The molecule has 2 aromatic carbocycles. The van der Waals surface area contributed by atoms with Gasteiger partial charge in [-0.05, 0) is 43.0 Å². The molecule has 0 spiro atoms. The van der Waals surface area contributed by atoms with Crippen LogP contribution in [0.2, 0.25) is 0 Å². The van der Waals surface area contributed by atoms with E-state index in [-0.39, 0.29) is 11.8 Å². The van der Waals surface area contributed by atoms with E-state index in [1.807, 2.05) is 45.0 Å². The average molecular weight is 293 g/mol. The fourth-order valence-electron chi connectivity index (χ4n) is 3.06. The van der Waals surface area contributed by atoms with Gasteiger partial charge in [0.1, 0.15) is 0 Å². The van der Waals surface area contributed by atoms with Gasteiger partial charge in [-0.25, -0.2) is 4.90 Å². The Hall–Kier alpha value is -2.42. The molecular weight excluding hydrogens is 274 g/mol. The quantitative estimate of drug-likeness (QED) is 0.804. The fraction of sp³-hybridized carbons (Fsp3) is 0.263. The van der Waals surface area contributed by atoms with Crippen LogP contribution in [0.4, 0.5) is 5.69 Å². The Morgan fingerprint density at radius 3 is 2.05 bits per heavy atom. The summed E-state index contributed by atoms with van der Waals surface area (Å²) in [5.41, 5.74) is 4.84. The van der Waals surface area contributed by atoms with Crippen molar-refractivity contribution in [3.63, 3.8) is 0 Å². The normalized spacial score (nSPS) is 13.7. The van der Waals surface area contributed by atoms with Gasteiger partial charge in [0.25, 0.3) is 11.8 Å². The molecule has 0 aliphatic carbocycles. The van der Waals surface area contributed by atoms with E-state index in [0.29, 0.717) is 11.1 Å². The number of para-hydroxylation sites is 1. The summed E-state index contributed by atoms with van der Waals surface area (Å²) in [5.74, 6) is -0.421. The van der Waals surface area contributed by atoms with Gasteiger partial charge >= 0.3 is 0 Å². The van der Waals surface area contributed by atoms with Crippen molar-refractivity contribution in [3.05, 3.63) is 64.2 Å². The third-order valence-corrected chi connectivity index (χ3v) is 4.23. The molecule has 112 valence electrons. The van der Waals surface area contributed by atoms with Crippen molar-refractivity contribution in [2.45, 2.75) is 33.6 Å². The highest BCUT2D eigenvalue weighted by Gasteiger charge is 2.38. The lowest BCUT2D eigenvalue weighted by atomic mass is 10.0. The molecule has 2 amide bonds. The molecule has 0 atom stereocenters. The van der Waals surface area contributed by atoms with Crippen LogP contribution in [0.1, 0.15) is 51.3 Å². The number of aryl methyl sites for hydroxylation is 3. The van der Waals surface area contributed by atoms with Crippen molar-refractivity contribution >= 4 is 17.5 Å². The van der Waals surface area contributed by atoms with Crippen molar-refractivity contribution in [1.29, 1.82) is 0 Å². The Labute approximate surface area is 130 Å². The molecule has 0 saturated heterocycles. The number of rotatable bonds is 3.